The topological polar surface area (TPSA) is 89.8 Å². The van der Waals surface area contributed by atoms with E-state index in [0.29, 0.717) is 13.2 Å². The van der Waals surface area contributed by atoms with Gasteiger partial charge in [0.05, 0.1) is 12.3 Å². The smallest absolute Gasteiger partial charge is 0.407 e. The number of nitrogens with one attached hydrogen (secondary N) is 2. The first-order valence-electron chi connectivity index (χ1n) is 16.3. The fourth-order valence-corrected chi connectivity index (χ4v) is 6.07. The molecule has 7 nitrogen and oxygen atoms in total. The molecule has 0 spiro atoms. The van der Waals surface area contributed by atoms with Crippen LogP contribution in [0.15, 0.2) is 108 Å². The van der Waals surface area contributed by atoms with Crippen molar-refractivity contribution in [3.05, 3.63) is 126 Å². The van der Waals surface area contributed by atoms with Gasteiger partial charge in [-0.25, -0.2) is 4.79 Å². The van der Waals surface area contributed by atoms with Crippen LogP contribution in [0.3, 0.4) is 0 Å². The molecule has 1 heterocycles. The van der Waals surface area contributed by atoms with Crippen LogP contribution in [0.4, 0.5) is 4.79 Å². The minimum atomic E-state index is -0.561. The zero-order chi connectivity index (χ0) is 33.0. The van der Waals surface area contributed by atoms with E-state index < -0.39 is 11.7 Å². The third kappa shape index (κ3) is 7.86. The highest BCUT2D eigenvalue weighted by Crippen LogP contribution is 2.48. The van der Waals surface area contributed by atoms with Gasteiger partial charge in [0.25, 0.3) is 0 Å². The molecule has 0 saturated heterocycles. The van der Waals surface area contributed by atoms with Crippen molar-refractivity contribution < 1.29 is 23.5 Å². The summed E-state index contributed by atoms with van der Waals surface area (Å²) in [6.45, 7) is 8.29. The van der Waals surface area contributed by atoms with E-state index >= 15 is 0 Å². The minimum Gasteiger partial charge on any atom is -0.489 e. The molecule has 2 N–H and O–H groups in total. The zero-order valence-electron chi connectivity index (χ0n) is 27.4. The summed E-state index contributed by atoms with van der Waals surface area (Å²) in [5, 5.41) is 7.11. The van der Waals surface area contributed by atoms with Crippen LogP contribution >= 0.6 is 0 Å². The first-order valence-corrected chi connectivity index (χ1v) is 16.3. The maximum atomic E-state index is 13.3. The van der Waals surface area contributed by atoms with Crippen molar-refractivity contribution in [3.63, 3.8) is 0 Å². The molecule has 6 rings (SSSR count). The fourth-order valence-electron chi connectivity index (χ4n) is 6.07. The molecule has 1 saturated carbocycles. The van der Waals surface area contributed by atoms with Gasteiger partial charge < -0.3 is 24.5 Å². The lowest BCUT2D eigenvalue weighted by Gasteiger charge is -2.21. The van der Waals surface area contributed by atoms with Gasteiger partial charge >= 0.3 is 6.09 Å². The second-order valence-corrected chi connectivity index (χ2v) is 13.2. The van der Waals surface area contributed by atoms with E-state index in [1.54, 1.807) is 6.26 Å². The number of hydrogen-bond donors (Lipinski definition) is 2. The molecule has 0 radical (unpaired) electrons. The Labute approximate surface area is 276 Å². The van der Waals surface area contributed by atoms with Gasteiger partial charge in [-0.2, -0.15) is 0 Å². The largest absolute Gasteiger partial charge is 0.489 e. The first-order chi connectivity index (χ1) is 22.7. The molecule has 7 heteroatoms. The van der Waals surface area contributed by atoms with Crippen LogP contribution in [0, 0.1) is 5.92 Å². The lowest BCUT2D eigenvalue weighted by Crippen LogP contribution is -2.32. The Kier molecular flexibility index (Phi) is 9.34. The summed E-state index contributed by atoms with van der Waals surface area (Å²) in [5.41, 5.74) is 6.26. The monoisotopic (exact) mass is 630 g/mol. The van der Waals surface area contributed by atoms with Gasteiger partial charge in [-0.1, -0.05) is 73.7 Å². The highest BCUT2D eigenvalue weighted by Gasteiger charge is 2.44. The van der Waals surface area contributed by atoms with E-state index in [9.17, 15) is 9.59 Å². The van der Waals surface area contributed by atoms with Gasteiger partial charge in [0.2, 0.25) is 5.91 Å². The molecule has 1 unspecified atom stereocenters. The number of rotatable bonds is 11. The standard InChI is InChI=1S/C40H42N2O5/c1-5-35(42-38(43)34-23-32(34)28-13-7-6-8-14-28)31-16-9-10-17-36(31)46-25-27-21-30-18-19-45-37(30)33(22-27)29-15-11-12-26(20-29)24-41-39(44)47-40(2,3)4/h6-22,32,34-35H,5,23-25H2,1-4H3,(H,41,44)(H,42,43)/t32-,34+,35?/m0/s1. The number of benzene rings is 4. The minimum absolute atomic E-state index is 0.00577. The molecule has 47 heavy (non-hydrogen) atoms. The quantitative estimate of drug-likeness (QED) is 0.152. The summed E-state index contributed by atoms with van der Waals surface area (Å²) in [7, 11) is 0. The molecule has 1 fully saturated rings. The summed E-state index contributed by atoms with van der Waals surface area (Å²) >= 11 is 0. The highest BCUT2D eigenvalue weighted by atomic mass is 16.6. The Morgan fingerprint density at radius 1 is 0.915 bits per heavy atom. The highest BCUT2D eigenvalue weighted by molar-refractivity contribution is 5.93. The number of fused-ring (bicyclic) bond motifs is 1. The molecule has 3 atom stereocenters. The molecule has 0 aliphatic heterocycles. The van der Waals surface area contributed by atoms with Gasteiger partial charge in [0, 0.05) is 29.0 Å². The zero-order valence-corrected chi connectivity index (χ0v) is 27.4. The van der Waals surface area contributed by atoms with E-state index in [2.05, 4.69) is 41.8 Å². The first kappa shape index (κ1) is 31.9. The van der Waals surface area contributed by atoms with Crippen LogP contribution in [0.25, 0.3) is 22.1 Å². The van der Waals surface area contributed by atoms with E-state index in [1.807, 2.05) is 93.6 Å². The Balaban J connectivity index is 1.16. The number of alkyl carbamates (subject to hydrolysis) is 1. The van der Waals surface area contributed by atoms with Crippen molar-refractivity contribution in [1.29, 1.82) is 0 Å². The Hall–Kier alpha value is -5.04. The number of amides is 2. The molecule has 5 aromatic rings. The summed E-state index contributed by atoms with van der Waals surface area (Å²) in [5.74, 6) is 1.14. The SMILES string of the molecule is CCC(NC(=O)[C@@H]1C[C@H]1c1ccccc1)c1ccccc1OCc1cc(-c2cccc(CNC(=O)OC(C)(C)C)c2)c2occc2c1. The van der Waals surface area contributed by atoms with E-state index in [-0.39, 0.29) is 23.8 Å². The van der Waals surface area contributed by atoms with Crippen molar-refractivity contribution in [3.8, 4) is 16.9 Å². The van der Waals surface area contributed by atoms with E-state index in [0.717, 1.165) is 57.4 Å². The number of carbonyl (C=O) groups is 2. The van der Waals surface area contributed by atoms with Gasteiger partial charge in [0.1, 0.15) is 23.5 Å². The maximum Gasteiger partial charge on any atom is 0.407 e. The molecule has 1 aliphatic carbocycles. The summed E-state index contributed by atoms with van der Waals surface area (Å²) in [4.78, 5) is 25.5. The van der Waals surface area contributed by atoms with Gasteiger partial charge in [-0.05, 0) is 92.1 Å². The lowest BCUT2D eigenvalue weighted by atomic mass is 9.99. The molecule has 2 amide bonds. The Morgan fingerprint density at radius 2 is 1.70 bits per heavy atom. The number of ether oxygens (including phenoxy) is 2. The van der Waals surface area contributed by atoms with Gasteiger partial charge in [0.15, 0.2) is 0 Å². The summed E-state index contributed by atoms with van der Waals surface area (Å²) < 4.78 is 17.7. The van der Waals surface area contributed by atoms with Crippen molar-refractivity contribution in [2.45, 2.75) is 71.2 Å². The number of para-hydroxylation sites is 1. The average Bonchev–Trinajstić information content (AvgIpc) is 3.74. The van der Waals surface area contributed by atoms with Crippen LogP contribution < -0.4 is 15.4 Å². The second-order valence-electron chi connectivity index (χ2n) is 13.2. The molecule has 4 aromatic carbocycles. The van der Waals surface area contributed by atoms with Crippen molar-refractivity contribution in [2.75, 3.05) is 0 Å². The molecule has 0 bridgehead atoms. The Morgan fingerprint density at radius 3 is 2.49 bits per heavy atom. The normalized spacial score (nSPS) is 16.3. The molecule has 242 valence electrons. The number of hydrogen-bond acceptors (Lipinski definition) is 5. The van der Waals surface area contributed by atoms with Crippen LogP contribution in [0.5, 0.6) is 5.75 Å². The second kappa shape index (κ2) is 13.8. The number of furan rings is 1. The average molecular weight is 631 g/mol. The molecule has 1 aliphatic rings. The molecular formula is C40H42N2O5. The van der Waals surface area contributed by atoms with Gasteiger partial charge in [-0.15, -0.1) is 0 Å². The van der Waals surface area contributed by atoms with Crippen molar-refractivity contribution in [1.82, 2.24) is 10.6 Å². The summed E-state index contributed by atoms with van der Waals surface area (Å²) in [6, 6.07) is 32.2. The molecular weight excluding hydrogens is 588 g/mol. The van der Waals surface area contributed by atoms with E-state index in [4.69, 9.17) is 13.9 Å². The van der Waals surface area contributed by atoms with Crippen molar-refractivity contribution in [2.24, 2.45) is 5.92 Å². The van der Waals surface area contributed by atoms with Crippen molar-refractivity contribution >= 4 is 23.0 Å². The predicted molar refractivity (Wildman–Crippen MR) is 184 cm³/mol. The lowest BCUT2D eigenvalue weighted by molar-refractivity contribution is -0.123. The fraction of sp³-hybridized carbons (Fsp3) is 0.300. The van der Waals surface area contributed by atoms with Crippen LogP contribution in [-0.4, -0.2) is 17.6 Å². The maximum absolute atomic E-state index is 13.3. The van der Waals surface area contributed by atoms with Crippen LogP contribution in [0.2, 0.25) is 0 Å². The third-order valence-electron chi connectivity index (χ3n) is 8.45. The van der Waals surface area contributed by atoms with Crippen LogP contribution in [0.1, 0.15) is 74.8 Å². The third-order valence-corrected chi connectivity index (χ3v) is 8.45. The summed E-state index contributed by atoms with van der Waals surface area (Å²) in [6.07, 6.45) is 2.87. The predicted octanol–water partition coefficient (Wildman–Crippen LogP) is 9.07. The van der Waals surface area contributed by atoms with E-state index in [1.165, 1.54) is 5.56 Å². The molecule has 1 aromatic heterocycles. The van der Waals surface area contributed by atoms with Crippen LogP contribution in [-0.2, 0) is 22.7 Å². The number of carbonyl (C=O) groups excluding carboxylic acids is 2. The van der Waals surface area contributed by atoms with Gasteiger partial charge in [-0.3, -0.25) is 4.79 Å². The Bertz CT molecular complexity index is 1860.